The van der Waals surface area contributed by atoms with Gasteiger partial charge in [-0.25, -0.2) is 0 Å². The van der Waals surface area contributed by atoms with Crippen LogP contribution < -0.4 is 11.5 Å². The zero-order valence-electron chi connectivity index (χ0n) is 8.72. The van der Waals surface area contributed by atoms with Crippen molar-refractivity contribution in [3.63, 3.8) is 0 Å². The lowest BCUT2D eigenvalue weighted by Gasteiger charge is -1.92. The van der Waals surface area contributed by atoms with Crippen molar-refractivity contribution in [3.05, 3.63) is 36.1 Å². The second kappa shape index (κ2) is 5.74. The topological polar surface area (TPSA) is 77.5 Å². The number of fused-ring (bicyclic) bond motifs is 1. The minimum atomic E-state index is 0. The van der Waals surface area contributed by atoms with E-state index < -0.39 is 0 Å². The third kappa shape index (κ3) is 3.13. The van der Waals surface area contributed by atoms with Crippen LogP contribution in [0.3, 0.4) is 0 Å². The number of furan rings is 1. The first-order valence-electron chi connectivity index (χ1n) is 4.78. The minimum Gasteiger partial charge on any atom is -0.461 e. The smallest absolute Gasteiger partial charge is 0.185 e. The summed E-state index contributed by atoms with van der Waals surface area (Å²) in [5.74, 6) is 1.02. The molecule has 2 rings (SSSR count). The van der Waals surface area contributed by atoms with Gasteiger partial charge in [0.2, 0.25) is 0 Å². The van der Waals surface area contributed by atoms with Crippen LogP contribution in [0.25, 0.3) is 11.0 Å². The molecule has 0 unspecified atom stereocenters. The van der Waals surface area contributed by atoms with E-state index in [1.807, 2.05) is 30.3 Å². The van der Waals surface area contributed by atoms with Crippen molar-refractivity contribution < 1.29 is 4.42 Å². The Morgan fingerprint density at radius 2 is 2.00 bits per heavy atom. The summed E-state index contributed by atoms with van der Waals surface area (Å²) in [4.78, 5) is 3.90. The Bertz CT molecular complexity index is 456. The molecule has 1 aromatic heterocycles. The molecule has 1 heterocycles. The second-order valence-electron chi connectivity index (χ2n) is 3.31. The van der Waals surface area contributed by atoms with Crippen molar-refractivity contribution in [3.8, 4) is 0 Å². The average molecular weight is 331 g/mol. The molecule has 0 bridgehead atoms. The van der Waals surface area contributed by atoms with Gasteiger partial charge in [0.25, 0.3) is 0 Å². The minimum absolute atomic E-state index is 0. The van der Waals surface area contributed by atoms with E-state index in [2.05, 4.69) is 4.99 Å². The van der Waals surface area contributed by atoms with E-state index in [4.69, 9.17) is 15.9 Å². The van der Waals surface area contributed by atoms with Crippen molar-refractivity contribution in [2.24, 2.45) is 16.5 Å². The first-order chi connectivity index (χ1) is 7.25. The van der Waals surface area contributed by atoms with Gasteiger partial charge in [-0.15, -0.1) is 24.0 Å². The van der Waals surface area contributed by atoms with Gasteiger partial charge in [0.1, 0.15) is 11.3 Å². The fraction of sp³-hybridized carbons (Fsp3) is 0.182. The molecular formula is C11H14IN3O. The van der Waals surface area contributed by atoms with E-state index in [1.165, 1.54) is 0 Å². The number of hydrogen-bond donors (Lipinski definition) is 2. The molecule has 0 radical (unpaired) electrons. The quantitative estimate of drug-likeness (QED) is 0.512. The van der Waals surface area contributed by atoms with Gasteiger partial charge < -0.3 is 15.9 Å². The number of guanidine groups is 1. The number of nitrogens with zero attached hydrogens (tertiary/aromatic N) is 1. The fourth-order valence-electron chi connectivity index (χ4n) is 1.46. The van der Waals surface area contributed by atoms with Crippen molar-refractivity contribution >= 4 is 40.9 Å². The highest BCUT2D eigenvalue weighted by Gasteiger charge is 2.01. The zero-order chi connectivity index (χ0) is 10.7. The summed E-state index contributed by atoms with van der Waals surface area (Å²) in [6, 6.07) is 9.91. The van der Waals surface area contributed by atoms with Crippen molar-refractivity contribution in [1.82, 2.24) is 0 Å². The van der Waals surface area contributed by atoms with Crippen molar-refractivity contribution in [1.29, 1.82) is 0 Å². The predicted molar refractivity (Wildman–Crippen MR) is 76.0 cm³/mol. The Kier molecular flexibility index (Phi) is 4.60. The fourth-order valence-corrected chi connectivity index (χ4v) is 1.46. The average Bonchev–Trinajstić information content (AvgIpc) is 2.59. The Hall–Kier alpha value is -1.24. The summed E-state index contributed by atoms with van der Waals surface area (Å²) >= 11 is 0. The largest absolute Gasteiger partial charge is 0.461 e. The van der Waals surface area contributed by atoms with Gasteiger partial charge in [-0.3, -0.25) is 4.99 Å². The molecule has 0 fully saturated rings. The Morgan fingerprint density at radius 1 is 1.25 bits per heavy atom. The third-order valence-electron chi connectivity index (χ3n) is 2.13. The molecule has 0 aliphatic carbocycles. The molecule has 0 saturated heterocycles. The van der Waals surface area contributed by atoms with E-state index in [0.717, 1.165) is 16.7 Å². The van der Waals surface area contributed by atoms with Crippen LogP contribution in [-0.4, -0.2) is 12.5 Å². The number of para-hydroxylation sites is 1. The van der Waals surface area contributed by atoms with Crippen LogP contribution in [0.4, 0.5) is 0 Å². The molecule has 0 spiro atoms. The van der Waals surface area contributed by atoms with Crippen LogP contribution in [-0.2, 0) is 6.42 Å². The molecule has 4 nitrogen and oxygen atoms in total. The SMILES string of the molecule is I.NC(N)=NCCc1cc2ccccc2o1. The van der Waals surface area contributed by atoms with Crippen LogP contribution in [0.5, 0.6) is 0 Å². The van der Waals surface area contributed by atoms with Gasteiger partial charge in [-0.05, 0) is 12.1 Å². The Labute approximate surface area is 111 Å². The predicted octanol–water partition coefficient (Wildman–Crippen LogP) is 1.87. The van der Waals surface area contributed by atoms with Gasteiger partial charge in [0.15, 0.2) is 5.96 Å². The lowest BCUT2D eigenvalue weighted by atomic mass is 10.2. The summed E-state index contributed by atoms with van der Waals surface area (Å²) in [7, 11) is 0. The number of hydrogen-bond acceptors (Lipinski definition) is 2. The van der Waals surface area contributed by atoms with Crippen molar-refractivity contribution in [2.75, 3.05) is 6.54 Å². The zero-order valence-corrected chi connectivity index (χ0v) is 11.0. The maximum Gasteiger partial charge on any atom is 0.185 e. The van der Waals surface area contributed by atoms with Crippen LogP contribution in [0.2, 0.25) is 0 Å². The highest BCUT2D eigenvalue weighted by molar-refractivity contribution is 14.0. The van der Waals surface area contributed by atoms with E-state index in [1.54, 1.807) is 0 Å². The Balaban J connectivity index is 0.00000128. The van der Waals surface area contributed by atoms with Crippen LogP contribution >= 0.6 is 24.0 Å². The second-order valence-corrected chi connectivity index (χ2v) is 3.31. The van der Waals surface area contributed by atoms with Gasteiger partial charge in [0, 0.05) is 18.4 Å². The molecule has 5 heteroatoms. The number of benzene rings is 1. The number of halogens is 1. The van der Waals surface area contributed by atoms with Gasteiger partial charge in [-0.2, -0.15) is 0 Å². The number of nitrogens with two attached hydrogens (primary N) is 2. The number of aliphatic imine (C=N–C) groups is 1. The van der Waals surface area contributed by atoms with Crippen molar-refractivity contribution in [2.45, 2.75) is 6.42 Å². The molecule has 0 aliphatic rings. The monoisotopic (exact) mass is 331 g/mol. The third-order valence-corrected chi connectivity index (χ3v) is 2.13. The molecule has 16 heavy (non-hydrogen) atoms. The lowest BCUT2D eigenvalue weighted by Crippen LogP contribution is -2.23. The van der Waals surface area contributed by atoms with Gasteiger partial charge in [-0.1, -0.05) is 18.2 Å². The van der Waals surface area contributed by atoms with Gasteiger partial charge in [0.05, 0.1) is 0 Å². The normalized spacial score (nSPS) is 9.75. The maximum absolute atomic E-state index is 5.60. The van der Waals surface area contributed by atoms with Crippen LogP contribution in [0, 0.1) is 0 Å². The molecule has 1 aromatic carbocycles. The molecule has 0 amide bonds. The lowest BCUT2D eigenvalue weighted by molar-refractivity contribution is 0.550. The van der Waals surface area contributed by atoms with E-state index in [0.29, 0.717) is 13.0 Å². The highest BCUT2D eigenvalue weighted by atomic mass is 127. The molecule has 0 aliphatic heterocycles. The first-order valence-corrected chi connectivity index (χ1v) is 4.78. The highest BCUT2D eigenvalue weighted by Crippen LogP contribution is 2.18. The molecule has 86 valence electrons. The summed E-state index contributed by atoms with van der Waals surface area (Å²) in [6.07, 6.45) is 0.715. The number of rotatable bonds is 3. The van der Waals surface area contributed by atoms with E-state index in [-0.39, 0.29) is 29.9 Å². The molecule has 4 N–H and O–H groups in total. The summed E-state index contributed by atoms with van der Waals surface area (Å²) in [5.41, 5.74) is 11.4. The Morgan fingerprint density at radius 3 is 2.69 bits per heavy atom. The van der Waals surface area contributed by atoms with Crippen LogP contribution in [0.15, 0.2) is 39.7 Å². The summed E-state index contributed by atoms with van der Waals surface area (Å²) < 4.78 is 5.60. The first kappa shape index (κ1) is 12.8. The molecular weight excluding hydrogens is 317 g/mol. The summed E-state index contributed by atoms with van der Waals surface area (Å²) in [5, 5.41) is 1.11. The molecule has 2 aromatic rings. The summed E-state index contributed by atoms with van der Waals surface area (Å²) in [6.45, 7) is 0.558. The molecule has 0 saturated carbocycles. The maximum atomic E-state index is 5.60. The molecule has 0 atom stereocenters. The standard InChI is InChI=1S/C11H13N3O.HI/c12-11(13)14-6-5-9-7-8-3-1-2-4-10(8)15-9;/h1-4,7H,5-6H2,(H4,12,13,14);1H. The van der Waals surface area contributed by atoms with Gasteiger partial charge >= 0.3 is 0 Å². The van der Waals surface area contributed by atoms with Crippen LogP contribution in [0.1, 0.15) is 5.76 Å². The van der Waals surface area contributed by atoms with E-state index >= 15 is 0 Å². The van der Waals surface area contributed by atoms with E-state index in [9.17, 15) is 0 Å².